The molecule has 3 rings (SSSR count). The molecule has 0 amide bonds. The van der Waals surface area contributed by atoms with Crippen LogP contribution in [0.5, 0.6) is 5.75 Å². The van der Waals surface area contributed by atoms with Gasteiger partial charge in [-0.3, -0.25) is 4.79 Å². The van der Waals surface area contributed by atoms with Gasteiger partial charge in [0.2, 0.25) is 0 Å². The van der Waals surface area contributed by atoms with Crippen molar-refractivity contribution in [2.24, 2.45) is 0 Å². The monoisotopic (exact) mass is 421 g/mol. The molecule has 0 spiro atoms. The zero-order valence-electron chi connectivity index (χ0n) is 13.1. The Hall–Kier alpha value is -1.37. The standard InChI is InChI=1S/C18H16BrNO2S2/c1-12-2-3-13-10-20-24-16(13)8-9-18(23-17(12)11-21)22-15-6-4-14(19)5-7-15/h4-7,9-11H,2-3,8H2,1H3/b17-12+,18-9+. The third-order valence-corrected chi connectivity index (χ3v) is 6.23. The van der Waals surface area contributed by atoms with E-state index >= 15 is 0 Å². The van der Waals surface area contributed by atoms with Crippen LogP contribution in [0.1, 0.15) is 23.8 Å². The quantitative estimate of drug-likeness (QED) is 0.611. The van der Waals surface area contributed by atoms with Gasteiger partial charge in [-0.2, -0.15) is 0 Å². The van der Waals surface area contributed by atoms with Crippen molar-refractivity contribution in [3.05, 3.63) is 67.0 Å². The van der Waals surface area contributed by atoms with Crippen molar-refractivity contribution >= 4 is 45.5 Å². The maximum Gasteiger partial charge on any atom is 0.162 e. The first-order valence-electron chi connectivity index (χ1n) is 7.54. The van der Waals surface area contributed by atoms with Crippen LogP contribution in [0.25, 0.3) is 0 Å². The summed E-state index contributed by atoms with van der Waals surface area (Å²) in [6.45, 7) is 2.01. The lowest BCUT2D eigenvalue weighted by molar-refractivity contribution is -0.104. The van der Waals surface area contributed by atoms with Crippen molar-refractivity contribution in [3.63, 3.8) is 0 Å². The highest BCUT2D eigenvalue weighted by Gasteiger charge is 2.14. The molecule has 124 valence electrons. The molecule has 2 heterocycles. The fourth-order valence-corrected chi connectivity index (χ4v) is 4.17. The normalized spacial score (nSPS) is 20.7. The van der Waals surface area contributed by atoms with Gasteiger partial charge in [-0.05, 0) is 79.0 Å². The first-order valence-corrected chi connectivity index (χ1v) is 9.93. The van der Waals surface area contributed by atoms with E-state index in [1.165, 1.54) is 33.7 Å². The molecular formula is C18H16BrNO2S2. The van der Waals surface area contributed by atoms with Crippen LogP contribution in [0.2, 0.25) is 0 Å². The Balaban J connectivity index is 1.91. The average Bonchev–Trinajstić information content (AvgIpc) is 3.04. The van der Waals surface area contributed by atoms with Crippen LogP contribution in [0, 0.1) is 0 Å². The maximum absolute atomic E-state index is 11.5. The first kappa shape index (κ1) is 17.5. The van der Waals surface area contributed by atoms with Crippen LogP contribution in [-0.2, 0) is 17.6 Å². The molecule has 1 aromatic heterocycles. The van der Waals surface area contributed by atoms with Crippen molar-refractivity contribution < 1.29 is 9.53 Å². The second-order valence-electron chi connectivity index (χ2n) is 5.42. The number of hydrogen-bond acceptors (Lipinski definition) is 5. The number of benzene rings is 1. The number of nitrogens with zero attached hydrogens (tertiary/aromatic N) is 1. The molecule has 0 radical (unpaired) electrons. The summed E-state index contributed by atoms with van der Waals surface area (Å²) in [5, 5.41) is 0.722. The number of allylic oxidation sites excluding steroid dienone is 3. The summed E-state index contributed by atoms with van der Waals surface area (Å²) in [5.74, 6) is 0.751. The molecule has 24 heavy (non-hydrogen) atoms. The largest absolute Gasteiger partial charge is 0.451 e. The van der Waals surface area contributed by atoms with E-state index in [-0.39, 0.29) is 0 Å². The third kappa shape index (κ3) is 4.37. The van der Waals surface area contributed by atoms with Gasteiger partial charge in [0, 0.05) is 22.0 Å². The molecule has 0 bridgehead atoms. The topological polar surface area (TPSA) is 39.2 Å². The number of carbonyl (C=O) groups excluding carboxylic acids is 1. The lowest BCUT2D eigenvalue weighted by atomic mass is 10.1. The minimum absolute atomic E-state index is 0.722. The average molecular weight is 422 g/mol. The molecule has 6 heteroatoms. The van der Waals surface area contributed by atoms with Gasteiger partial charge in [-0.15, -0.1) is 0 Å². The van der Waals surface area contributed by atoms with E-state index in [1.807, 2.05) is 43.5 Å². The molecule has 0 N–H and O–H groups in total. The number of carbonyl (C=O) groups is 1. The Bertz CT molecular complexity index is 794. The van der Waals surface area contributed by atoms with E-state index < -0.39 is 0 Å². The number of halogens is 1. The summed E-state index contributed by atoms with van der Waals surface area (Å²) in [6, 6.07) is 7.67. The highest BCUT2D eigenvalue weighted by molar-refractivity contribution is 9.10. The molecule has 1 aliphatic heterocycles. The van der Waals surface area contributed by atoms with E-state index in [9.17, 15) is 4.79 Å². The minimum Gasteiger partial charge on any atom is -0.451 e. The number of ether oxygens (including phenoxy) is 1. The molecule has 1 aliphatic rings. The summed E-state index contributed by atoms with van der Waals surface area (Å²) in [5.41, 5.74) is 2.34. The van der Waals surface area contributed by atoms with Crippen LogP contribution in [0.4, 0.5) is 0 Å². The number of aromatic nitrogens is 1. The Morgan fingerprint density at radius 3 is 2.79 bits per heavy atom. The molecule has 0 atom stereocenters. The molecule has 3 nitrogen and oxygen atoms in total. The van der Waals surface area contributed by atoms with E-state index in [0.717, 1.165) is 51.3 Å². The van der Waals surface area contributed by atoms with Gasteiger partial charge in [-0.1, -0.05) is 21.5 Å². The van der Waals surface area contributed by atoms with Gasteiger partial charge < -0.3 is 4.74 Å². The number of fused-ring (bicyclic) bond motifs is 1. The summed E-state index contributed by atoms with van der Waals surface area (Å²) < 4.78 is 11.3. The maximum atomic E-state index is 11.5. The Morgan fingerprint density at radius 2 is 2.04 bits per heavy atom. The van der Waals surface area contributed by atoms with Gasteiger partial charge in [0.1, 0.15) is 5.75 Å². The Kier molecular flexibility index (Phi) is 5.92. The van der Waals surface area contributed by atoms with Crippen molar-refractivity contribution in [3.8, 4) is 5.75 Å². The number of hydrogen-bond donors (Lipinski definition) is 0. The molecule has 1 aromatic carbocycles. The van der Waals surface area contributed by atoms with Crippen LogP contribution in [-0.4, -0.2) is 10.7 Å². The van der Waals surface area contributed by atoms with Crippen LogP contribution in [0.15, 0.2) is 56.6 Å². The first-order chi connectivity index (χ1) is 11.7. The fraction of sp³-hybridized carbons (Fsp3) is 0.222. The van der Waals surface area contributed by atoms with Gasteiger partial charge in [0.15, 0.2) is 11.4 Å². The lowest BCUT2D eigenvalue weighted by Gasteiger charge is -2.13. The zero-order chi connectivity index (χ0) is 16.9. The zero-order valence-corrected chi connectivity index (χ0v) is 16.3. The predicted molar refractivity (Wildman–Crippen MR) is 103 cm³/mol. The lowest BCUT2D eigenvalue weighted by Crippen LogP contribution is -1.99. The molecule has 0 saturated carbocycles. The third-order valence-electron chi connectivity index (χ3n) is 3.72. The van der Waals surface area contributed by atoms with Crippen molar-refractivity contribution in [1.82, 2.24) is 4.37 Å². The smallest absolute Gasteiger partial charge is 0.162 e. The van der Waals surface area contributed by atoms with Crippen molar-refractivity contribution in [1.29, 1.82) is 0 Å². The van der Waals surface area contributed by atoms with Gasteiger partial charge in [-0.25, -0.2) is 4.37 Å². The minimum atomic E-state index is 0.722. The van der Waals surface area contributed by atoms with E-state index in [4.69, 9.17) is 4.74 Å². The highest BCUT2D eigenvalue weighted by Crippen LogP contribution is 2.33. The number of aldehydes is 1. The summed E-state index contributed by atoms with van der Waals surface area (Å²) in [6.07, 6.45) is 7.44. The van der Waals surface area contributed by atoms with E-state index in [2.05, 4.69) is 20.3 Å². The fourth-order valence-electron chi connectivity index (χ4n) is 2.32. The number of thioether (sulfide) groups is 1. The van der Waals surface area contributed by atoms with Crippen LogP contribution >= 0.6 is 39.2 Å². The summed E-state index contributed by atoms with van der Waals surface area (Å²) in [4.78, 5) is 13.5. The molecular weight excluding hydrogens is 406 g/mol. The molecule has 0 saturated heterocycles. The van der Waals surface area contributed by atoms with Gasteiger partial charge >= 0.3 is 0 Å². The van der Waals surface area contributed by atoms with Gasteiger partial charge in [0.05, 0.1) is 4.91 Å². The van der Waals surface area contributed by atoms with E-state index in [0.29, 0.717) is 0 Å². The van der Waals surface area contributed by atoms with E-state index in [1.54, 1.807) is 0 Å². The van der Waals surface area contributed by atoms with Crippen LogP contribution in [0.3, 0.4) is 0 Å². The van der Waals surface area contributed by atoms with Crippen LogP contribution < -0.4 is 4.74 Å². The summed E-state index contributed by atoms with van der Waals surface area (Å²) in [7, 11) is 0. The molecule has 2 aromatic rings. The summed E-state index contributed by atoms with van der Waals surface area (Å²) >= 11 is 6.35. The Labute approximate surface area is 158 Å². The SMILES string of the molecule is C/C1=C(/C=O)S/C(Oc2ccc(Br)cc2)=C/Cc2sncc2CC1. The Morgan fingerprint density at radius 1 is 1.25 bits per heavy atom. The number of aryl methyl sites for hydroxylation is 1. The van der Waals surface area contributed by atoms with Crippen molar-refractivity contribution in [2.45, 2.75) is 26.2 Å². The van der Waals surface area contributed by atoms with Crippen molar-refractivity contribution in [2.75, 3.05) is 0 Å². The number of rotatable bonds is 3. The second kappa shape index (κ2) is 8.14. The second-order valence-corrected chi connectivity index (χ2v) is 8.27. The highest BCUT2D eigenvalue weighted by atomic mass is 79.9. The van der Waals surface area contributed by atoms with Gasteiger partial charge in [0.25, 0.3) is 0 Å². The molecule has 0 aliphatic carbocycles. The molecule has 0 unspecified atom stereocenters. The predicted octanol–water partition coefficient (Wildman–Crippen LogP) is 5.52. The molecule has 0 fully saturated rings.